The van der Waals surface area contributed by atoms with Gasteiger partial charge in [0, 0.05) is 6.04 Å². The first-order chi connectivity index (χ1) is 8.50. The Hall–Kier alpha value is -1.48. The van der Waals surface area contributed by atoms with Gasteiger partial charge < -0.3 is 11.1 Å². The maximum Gasteiger partial charge on any atom is 0.391 e. The van der Waals surface area contributed by atoms with Crippen LogP contribution in [0.5, 0.6) is 0 Å². The number of hydrogen-bond donors (Lipinski definition) is 3. The summed E-state index contributed by atoms with van der Waals surface area (Å²) in [6, 6.07) is 2.97. The summed E-state index contributed by atoms with van der Waals surface area (Å²) in [6.45, 7) is 1.32. The van der Waals surface area contributed by atoms with Gasteiger partial charge in [-0.3, -0.25) is 0 Å². The second kappa shape index (κ2) is 5.25. The molecule has 0 aromatic heterocycles. The normalized spacial score (nSPS) is 14.2. The molecule has 0 spiro atoms. The van der Waals surface area contributed by atoms with E-state index in [1.807, 2.05) is 0 Å². The lowest BCUT2D eigenvalue weighted by molar-refractivity contribution is -0.136. The monoisotopic (exact) mass is 297 g/mol. The maximum absolute atomic E-state index is 12.2. The van der Waals surface area contributed by atoms with Gasteiger partial charge in [0.05, 0.1) is 17.8 Å². The van der Waals surface area contributed by atoms with Crippen molar-refractivity contribution < 1.29 is 21.6 Å². The van der Waals surface area contributed by atoms with Crippen LogP contribution in [0.15, 0.2) is 23.1 Å². The zero-order valence-electron chi connectivity index (χ0n) is 10.0. The van der Waals surface area contributed by atoms with Crippen molar-refractivity contribution in [3.05, 3.63) is 18.2 Å². The molecule has 5 N–H and O–H groups in total. The number of para-hydroxylation sites is 1. The SMILES string of the molecule is CC(CC(F)(F)F)Nc1cccc(S(N)(=O)=O)c1N. The number of anilines is 2. The predicted molar refractivity (Wildman–Crippen MR) is 66.0 cm³/mol. The average Bonchev–Trinajstić information content (AvgIpc) is 2.16. The third-order valence-corrected chi connectivity index (χ3v) is 3.28. The van der Waals surface area contributed by atoms with Crippen LogP contribution < -0.4 is 16.2 Å². The third-order valence-electron chi connectivity index (χ3n) is 2.31. The van der Waals surface area contributed by atoms with Gasteiger partial charge in [-0.25, -0.2) is 13.6 Å². The van der Waals surface area contributed by atoms with Crippen molar-refractivity contribution in [2.75, 3.05) is 11.1 Å². The fourth-order valence-electron chi connectivity index (χ4n) is 1.58. The lowest BCUT2D eigenvalue weighted by atomic mass is 10.2. The molecular weight excluding hydrogens is 283 g/mol. The Morgan fingerprint density at radius 1 is 1.37 bits per heavy atom. The number of sulfonamides is 1. The first kappa shape index (κ1) is 15.6. The number of nitrogens with one attached hydrogen (secondary N) is 1. The van der Waals surface area contributed by atoms with Crippen molar-refractivity contribution in [1.82, 2.24) is 0 Å². The second-order valence-electron chi connectivity index (χ2n) is 4.13. The predicted octanol–water partition coefficient (Wildman–Crippen LogP) is 1.67. The molecule has 0 heterocycles. The van der Waals surface area contributed by atoms with E-state index < -0.39 is 28.7 Å². The number of nitrogen functional groups attached to an aromatic ring is 1. The van der Waals surface area contributed by atoms with E-state index >= 15 is 0 Å². The number of halogens is 3. The molecule has 108 valence electrons. The topological polar surface area (TPSA) is 98.2 Å². The number of hydrogen-bond acceptors (Lipinski definition) is 4. The number of alkyl halides is 3. The van der Waals surface area contributed by atoms with Gasteiger partial charge in [0.2, 0.25) is 10.0 Å². The zero-order chi connectivity index (χ0) is 14.8. The number of primary sulfonamides is 1. The summed E-state index contributed by atoms with van der Waals surface area (Å²) in [5, 5.41) is 7.46. The van der Waals surface area contributed by atoms with E-state index in [0.29, 0.717) is 0 Å². The summed E-state index contributed by atoms with van der Waals surface area (Å²) < 4.78 is 59.0. The van der Waals surface area contributed by atoms with E-state index in [2.05, 4.69) is 5.32 Å². The summed E-state index contributed by atoms with van der Waals surface area (Å²) in [5.74, 6) is 0. The summed E-state index contributed by atoms with van der Waals surface area (Å²) >= 11 is 0. The molecule has 0 aliphatic rings. The Morgan fingerprint density at radius 3 is 2.42 bits per heavy atom. The number of nitrogens with two attached hydrogens (primary N) is 2. The van der Waals surface area contributed by atoms with Crippen LogP contribution in [0, 0.1) is 0 Å². The molecular formula is C10H14F3N3O2S. The maximum atomic E-state index is 12.2. The molecule has 1 atom stereocenters. The molecule has 0 aliphatic heterocycles. The van der Waals surface area contributed by atoms with Crippen molar-refractivity contribution >= 4 is 21.4 Å². The quantitative estimate of drug-likeness (QED) is 0.736. The molecule has 0 radical (unpaired) electrons. The standard InChI is InChI=1S/C10H14F3N3O2S/c1-6(5-10(11,12)13)16-7-3-2-4-8(9(7)14)19(15,17)18/h2-4,6,16H,5,14H2,1H3,(H2,15,17,18). The summed E-state index contributed by atoms with van der Waals surface area (Å²) in [6.07, 6.45) is -5.38. The van der Waals surface area contributed by atoms with Gasteiger partial charge in [-0.1, -0.05) is 6.07 Å². The minimum atomic E-state index is -4.32. The van der Waals surface area contributed by atoms with Crippen LogP contribution in [0.3, 0.4) is 0 Å². The molecule has 19 heavy (non-hydrogen) atoms. The van der Waals surface area contributed by atoms with Gasteiger partial charge in [-0.15, -0.1) is 0 Å². The van der Waals surface area contributed by atoms with Gasteiger partial charge in [0.1, 0.15) is 4.90 Å². The van der Waals surface area contributed by atoms with Crippen LogP contribution in [-0.2, 0) is 10.0 Å². The molecule has 0 fully saturated rings. The van der Waals surface area contributed by atoms with Crippen LogP contribution in [0.4, 0.5) is 24.5 Å². The second-order valence-corrected chi connectivity index (χ2v) is 5.66. The van der Waals surface area contributed by atoms with E-state index in [4.69, 9.17) is 10.9 Å². The van der Waals surface area contributed by atoms with E-state index in [-0.39, 0.29) is 16.3 Å². The van der Waals surface area contributed by atoms with Gasteiger partial charge in [0.15, 0.2) is 0 Å². The zero-order valence-corrected chi connectivity index (χ0v) is 10.8. The molecule has 0 amide bonds. The average molecular weight is 297 g/mol. The fourth-order valence-corrected chi connectivity index (χ4v) is 2.27. The van der Waals surface area contributed by atoms with E-state index in [1.165, 1.54) is 25.1 Å². The smallest absolute Gasteiger partial charge is 0.391 e. The summed E-state index contributed by atoms with van der Waals surface area (Å²) in [4.78, 5) is -0.322. The number of rotatable bonds is 4. The van der Waals surface area contributed by atoms with Gasteiger partial charge >= 0.3 is 6.18 Å². The molecule has 1 unspecified atom stereocenters. The highest BCUT2D eigenvalue weighted by Gasteiger charge is 2.30. The molecule has 0 bridgehead atoms. The van der Waals surface area contributed by atoms with Crippen LogP contribution in [-0.4, -0.2) is 20.6 Å². The van der Waals surface area contributed by atoms with Crippen molar-refractivity contribution in [3.8, 4) is 0 Å². The van der Waals surface area contributed by atoms with Gasteiger partial charge in [-0.2, -0.15) is 13.2 Å². The Labute approximate surface area is 108 Å². The Balaban J connectivity index is 2.98. The van der Waals surface area contributed by atoms with Gasteiger partial charge in [0.25, 0.3) is 0 Å². The van der Waals surface area contributed by atoms with Crippen LogP contribution in [0.1, 0.15) is 13.3 Å². The van der Waals surface area contributed by atoms with Crippen LogP contribution in [0.2, 0.25) is 0 Å². The molecule has 0 aliphatic carbocycles. The van der Waals surface area contributed by atoms with E-state index in [0.717, 1.165) is 0 Å². The highest BCUT2D eigenvalue weighted by Crippen LogP contribution is 2.28. The molecule has 9 heteroatoms. The van der Waals surface area contributed by atoms with Crippen LogP contribution in [0.25, 0.3) is 0 Å². The molecule has 1 rings (SSSR count). The lowest BCUT2D eigenvalue weighted by Gasteiger charge is -2.19. The molecule has 0 saturated heterocycles. The Kier molecular flexibility index (Phi) is 4.31. The molecule has 5 nitrogen and oxygen atoms in total. The minimum absolute atomic E-state index is 0.100. The van der Waals surface area contributed by atoms with Crippen LogP contribution >= 0.6 is 0 Å². The van der Waals surface area contributed by atoms with Crippen molar-refractivity contribution in [3.63, 3.8) is 0 Å². The largest absolute Gasteiger partial charge is 0.396 e. The first-order valence-corrected chi connectivity index (χ1v) is 6.80. The molecule has 0 saturated carbocycles. The van der Waals surface area contributed by atoms with Gasteiger partial charge in [-0.05, 0) is 19.1 Å². The summed E-state index contributed by atoms with van der Waals surface area (Å²) in [5.41, 5.74) is 5.48. The molecule has 1 aromatic carbocycles. The summed E-state index contributed by atoms with van der Waals surface area (Å²) in [7, 11) is -4.01. The van der Waals surface area contributed by atoms with Crippen molar-refractivity contribution in [1.29, 1.82) is 0 Å². The van der Waals surface area contributed by atoms with E-state index in [9.17, 15) is 21.6 Å². The first-order valence-electron chi connectivity index (χ1n) is 5.25. The fraction of sp³-hybridized carbons (Fsp3) is 0.400. The minimum Gasteiger partial charge on any atom is -0.396 e. The number of benzene rings is 1. The van der Waals surface area contributed by atoms with E-state index in [1.54, 1.807) is 0 Å². The Morgan fingerprint density at radius 2 is 1.95 bits per heavy atom. The lowest BCUT2D eigenvalue weighted by Crippen LogP contribution is -2.25. The molecule has 1 aromatic rings. The third kappa shape index (κ3) is 4.60. The van der Waals surface area contributed by atoms with Crippen molar-refractivity contribution in [2.24, 2.45) is 5.14 Å². The van der Waals surface area contributed by atoms with Crippen molar-refractivity contribution in [2.45, 2.75) is 30.5 Å². The highest BCUT2D eigenvalue weighted by molar-refractivity contribution is 7.89. The highest BCUT2D eigenvalue weighted by atomic mass is 32.2. The Bertz CT molecular complexity index is 558.